The predicted octanol–water partition coefficient (Wildman–Crippen LogP) is -0.585. The summed E-state index contributed by atoms with van der Waals surface area (Å²) >= 11 is 0. The fourth-order valence-corrected chi connectivity index (χ4v) is 4.88. The number of aryl methyl sites for hydroxylation is 1. The van der Waals surface area contributed by atoms with Crippen molar-refractivity contribution in [3.05, 3.63) is 29.8 Å². The van der Waals surface area contributed by atoms with Gasteiger partial charge in [-0.2, -0.15) is 0 Å². The second-order valence-corrected chi connectivity index (χ2v) is 10.4. The van der Waals surface area contributed by atoms with Crippen molar-refractivity contribution < 1.29 is 48.2 Å². The van der Waals surface area contributed by atoms with Crippen molar-refractivity contribution in [3.63, 3.8) is 0 Å². The van der Waals surface area contributed by atoms with Crippen LogP contribution in [0.1, 0.15) is 38.7 Å². The van der Waals surface area contributed by atoms with Gasteiger partial charge in [0, 0.05) is 6.61 Å². The molecule has 35 heavy (non-hydrogen) atoms. The van der Waals surface area contributed by atoms with Crippen LogP contribution in [0.5, 0.6) is 0 Å². The first-order valence-electron chi connectivity index (χ1n) is 11.9. The molecule has 0 aromatic heterocycles. The highest BCUT2D eigenvalue weighted by atomic mass is 32.2. The van der Waals surface area contributed by atoms with Gasteiger partial charge in [0.2, 0.25) is 10.0 Å². The molecule has 0 bridgehead atoms. The Morgan fingerprint density at radius 2 is 1.74 bits per heavy atom. The largest absolute Gasteiger partial charge is 0.394 e. The Kier molecular flexibility index (Phi) is 12.0. The third-order valence-electron chi connectivity index (χ3n) is 5.93. The third-order valence-corrected chi connectivity index (χ3v) is 7.44. The Bertz CT molecular complexity index is 852. The average Bonchev–Trinajstić information content (AvgIpc) is 2.84. The Morgan fingerprint density at radius 3 is 2.31 bits per heavy atom. The zero-order chi connectivity index (χ0) is 26.2. The first-order valence-corrected chi connectivity index (χ1v) is 13.3. The molecule has 11 nitrogen and oxygen atoms in total. The van der Waals surface area contributed by atoms with Crippen LogP contribution in [0.3, 0.4) is 0 Å². The van der Waals surface area contributed by atoms with E-state index in [0.29, 0.717) is 6.42 Å². The topological polar surface area (TPSA) is 175 Å². The lowest BCUT2D eigenvalue weighted by atomic mass is 9.99. The van der Waals surface area contributed by atoms with Crippen LogP contribution in [0.25, 0.3) is 0 Å². The van der Waals surface area contributed by atoms with E-state index in [1.165, 1.54) is 12.1 Å². The Labute approximate surface area is 206 Å². The summed E-state index contributed by atoms with van der Waals surface area (Å²) in [5.74, 6) is 0. The van der Waals surface area contributed by atoms with Crippen LogP contribution in [0.2, 0.25) is 0 Å². The number of nitrogens with one attached hydrogen (secondary N) is 1. The lowest BCUT2D eigenvalue weighted by Crippen LogP contribution is -2.61. The van der Waals surface area contributed by atoms with E-state index in [0.717, 1.165) is 12.0 Å². The summed E-state index contributed by atoms with van der Waals surface area (Å²) in [4.78, 5) is -0.0342. The van der Waals surface area contributed by atoms with Gasteiger partial charge in [-0.3, -0.25) is 0 Å². The maximum atomic E-state index is 12.9. The molecule has 12 heteroatoms. The van der Waals surface area contributed by atoms with Gasteiger partial charge in [0.25, 0.3) is 0 Å². The Hall–Kier alpha value is -1.19. The van der Waals surface area contributed by atoms with Crippen molar-refractivity contribution in [1.29, 1.82) is 0 Å². The number of benzene rings is 1. The van der Waals surface area contributed by atoms with Crippen LogP contribution in [0.15, 0.2) is 29.2 Å². The molecular formula is C23H39NO10S. The molecule has 1 heterocycles. The summed E-state index contributed by atoms with van der Waals surface area (Å²) in [6, 6.07) is 4.78. The van der Waals surface area contributed by atoms with E-state index in [4.69, 9.17) is 14.2 Å². The van der Waals surface area contributed by atoms with Gasteiger partial charge in [0.05, 0.1) is 36.4 Å². The van der Waals surface area contributed by atoms with Crippen LogP contribution in [0.4, 0.5) is 0 Å². The van der Waals surface area contributed by atoms with Crippen LogP contribution >= 0.6 is 0 Å². The molecule has 1 aromatic carbocycles. The number of rotatable bonds is 14. The van der Waals surface area contributed by atoms with Gasteiger partial charge in [-0.05, 0) is 31.9 Å². The standard InChI is InChI=1S/C23H39NO10S/c1-4-6-11-32-22-20(28)18(12-25)34-23(21(22)29)33-13-16(19(27)17(26)5-2)24-35(30,31)15-9-7-14(3)8-10-15/h7-10,16-29H,4-6,11-13H2,1-3H3/t16-,17+,18?,19-,20-,21?,22?,23-/m0/s1. The van der Waals surface area contributed by atoms with E-state index in [2.05, 4.69) is 4.72 Å². The quantitative estimate of drug-likeness (QED) is 0.174. The zero-order valence-corrected chi connectivity index (χ0v) is 21.2. The maximum absolute atomic E-state index is 12.9. The van der Waals surface area contributed by atoms with Crippen molar-refractivity contribution in [2.75, 3.05) is 19.8 Å². The predicted molar refractivity (Wildman–Crippen MR) is 126 cm³/mol. The average molecular weight is 522 g/mol. The number of aliphatic hydroxyl groups is 5. The number of unbranched alkanes of at least 4 members (excludes halogenated alkanes) is 1. The molecule has 1 aliphatic rings. The molecule has 6 N–H and O–H groups in total. The van der Waals surface area contributed by atoms with Gasteiger partial charge in [-0.25, -0.2) is 13.1 Å². The van der Waals surface area contributed by atoms with E-state index in [1.54, 1.807) is 19.1 Å². The molecule has 1 saturated heterocycles. The normalized spacial score (nSPS) is 27.9. The minimum atomic E-state index is -4.09. The highest BCUT2D eigenvalue weighted by Crippen LogP contribution is 2.25. The molecular weight excluding hydrogens is 482 g/mol. The molecule has 0 saturated carbocycles. The number of ether oxygens (including phenoxy) is 3. The number of sulfonamides is 1. The second kappa shape index (κ2) is 13.9. The van der Waals surface area contributed by atoms with Gasteiger partial charge in [0.1, 0.15) is 24.4 Å². The number of hydrogen-bond acceptors (Lipinski definition) is 10. The molecule has 2 rings (SSSR count). The molecule has 0 spiro atoms. The molecule has 8 atom stereocenters. The molecule has 0 radical (unpaired) electrons. The molecule has 1 aliphatic heterocycles. The van der Waals surface area contributed by atoms with Crippen molar-refractivity contribution in [2.24, 2.45) is 0 Å². The molecule has 1 fully saturated rings. The maximum Gasteiger partial charge on any atom is 0.240 e. The summed E-state index contributed by atoms with van der Waals surface area (Å²) < 4.78 is 44.8. The van der Waals surface area contributed by atoms with Crippen LogP contribution in [-0.4, -0.2) is 103 Å². The summed E-state index contributed by atoms with van der Waals surface area (Å²) in [6.45, 7) is 4.60. The van der Waals surface area contributed by atoms with Gasteiger partial charge < -0.3 is 39.7 Å². The van der Waals surface area contributed by atoms with Crippen molar-refractivity contribution in [1.82, 2.24) is 4.72 Å². The van der Waals surface area contributed by atoms with Crippen molar-refractivity contribution in [2.45, 2.75) is 93.9 Å². The monoisotopic (exact) mass is 521 g/mol. The minimum Gasteiger partial charge on any atom is -0.394 e. The van der Waals surface area contributed by atoms with Crippen molar-refractivity contribution >= 4 is 10.0 Å². The smallest absolute Gasteiger partial charge is 0.240 e. The molecule has 3 unspecified atom stereocenters. The summed E-state index contributed by atoms with van der Waals surface area (Å²) in [7, 11) is -4.09. The van der Waals surface area contributed by atoms with Gasteiger partial charge >= 0.3 is 0 Å². The number of hydrogen-bond donors (Lipinski definition) is 6. The van der Waals surface area contributed by atoms with E-state index >= 15 is 0 Å². The van der Waals surface area contributed by atoms with Crippen LogP contribution in [-0.2, 0) is 24.2 Å². The first kappa shape index (κ1) is 30.0. The fourth-order valence-electron chi connectivity index (χ4n) is 3.65. The Balaban J connectivity index is 2.18. The van der Waals surface area contributed by atoms with Crippen molar-refractivity contribution in [3.8, 4) is 0 Å². The van der Waals surface area contributed by atoms with E-state index in [9.17, 15) is 34.0 Å². The summed E-state index contributed by atoms with van der Waals surface area (Å²) in [5, 5.41) is 51.4. The number of aliphatic hydroxyl groups excluding tert-OH is 5. The Morgan fingerprint density at radius 1 is 1.09 bits per heavy atom. The van der Waals surface area contributed by atoms with Crippen LogP contribution in [0, 0.1) is 6.92 Å². The SMILES string of the molecule is CCCCOC1C(O)[C@@H](OC[C@H](NS(=O)(=O)c2ccc(C)cc2)[C@H](O)[C@H](O)CC)OC(CO)[C@@H]1O. The lowest BCUT2D eigenvalue weighted by Gasteiger charge is -2.42. The second-order valence-electron chi connectivity index (χ2n) is 8.74. The van der Waals surface area contributed by atoms with E-state index < -0.39 is 72.2 Å². The first-order chi connectivity index (χ1) is 16.5. The lowest BCUT2D eigenvalue weighted by molar-refractivity contribution is -0.309. The summed E-state index contributed by atoms with van der Waals surface area (Å²) in [5.41, 5.74) is 0.866. The zero-order valence-electron chi connectivity index (χ0n) is 20.4. The highest BCUT2D eigenvalue weighted by Gasteiger charge is 2.46. The molecule has 0 aliphatic carbocycles. The van der Waals surface area contributed by atoms with E-state index in [-0.39, 0.29) is 17.9 Å². The van der Waals surface area contributed by atoms with Gasteiger partial charge in [-0.1, -0.05) is 38.0 Å². The minimum absolute atomic E-state index is 0.0342. The summed E-state index contributed by atoms with van der Waals surface area (Å²) in [6.07, 6.45) is -7.47. The molecule has 0 amide bonds. The fraction of sp³-hybridized carbons (Fsp3) is 0.739. The highest BCUT2D eigenvalue weighted by molar-refractivity contribution is 7.89. The third kappa shape index (κ3) is 8.15. The van der Waals surface area contributed by atoms with Gasteiger partial charge in [0.15, 0.2) is 6.29 Å². The molecule has 1 aromatic rings. The van der Waals surface area contributed by atoms with E-state index in [1.807, 2.05) is 13.8 Å². The van der Waals surface area contributed by atoms with Crippen LogP contribution < -0.4 is 4.72 Å². The molecule has 202 valence electrons. The van der Waals surface area contributed by atoms with Gasteiger partial charge in [-0.15, -0.1) is 0 Å².